The molecule has 2 aromatic carbocycles. The number of ether oxygens (including phenoxy) is 2. The Hall–Kier alpha value is -2.90. The van der Waals surface area contributed by atoms with E-state index in [0.717, 1.165) is 52.6 Å². The number of amides is 2. The number of hydrogen-bond acceptors (Lipinski definition) is 5. The maximum atomic E-state index is 13.4. The van der Waals surface area contributed by atoms with Gasteiger partial charge in [0, 0.05) is 22.5 Å². The van der Waals surface area contributed by atoms with Crippen molar-refractivity contribution < 1.29 is 24.2 Å². The van der Waals surface area contributed by atoms with E-state index >= 15 is 0 Å². The molecule has 2 fully saturated rings. The molecule has 0 spiro atoms. The lowest BCUT2D eigenvalue weighted by Crippen LogP contribution is -2.35. The fraction of sp³-hybridized carbons (Fsp3) is 0.438. The molecule has 0 unspecified atom stereocenters. The fourth-order valence-electron chi connectivity index (χ4n) is 6.33. The van der Waals surface area contributed by atoms with Crippen LogP contribution in [0.5, 0.6) is 11.5 Å². The number of hydrogen-bond donors (Lipinski definition) is 1. The Morgan fingerprint density at radius 2 is 1.92 bits per heavy atom. The van der Waals surface area contributed by atoms with E-state index < -0.39 is 0 Å². The first-order valence-electron chi connectivity index (χ1n) is 14.0. The second-order valence-corrected chi connectivity index (χ2v) is 11.6. The molecule has 3 aliphatic rings. The summed E-state index contributed by atoms with van der Waals surface area (Å²) in [7, 11) is 0. The average Bonchev–Trinajstić information content (AvgIpc) is 3.47. The normalized spacial score (nSPS) is 24.8. The minimum Gasteiger partial charge on any atom is -0.507 e. The topological polar surface area (TPSA) is 76.1 Å². The van der Waals surface area contributed by atoms with Gasteiger partial charge in [0.25, 0.3) is 0 Å². The van der Waals surface area contributed by atoms with Gasteiger partial charge in [0.1, 0.15) is 18.1 Å². The summed E-state index contributed by atoms with van der Waals surface area (Å²) in [5, 5.41) is 10.3. The van der Waals surface area contributed by atoms with Crippen molar-refractivity contribution in [1.29, 1.82) is 0 Å². The first kappa shape index (κ1) is 27.7. The number of carbonyl (C=O) groups is 2. The lowest BCUT2D eigenvalue weighted by molar-refractivity contribution is -0.140. The van der Waals surface area contributed by atoms with Crippen LogP contribution in [0.2, 0.25) is 0 Å². The molecule has 2 aliphatic heterocycles. The second-order valence-electron chi connectivity index (χ2n) is 10.7. The van der Waals surface area contributed by atoms with Crippen LogP contribution in [0, 0.1) is 17.8 Å². The highest BCUT2D eigenvalue weighted by atomic mass is 79.9. The van der Waals surface area contributed by atoms with Crippen LogP contribution in [0.4, 0.5) is 0 Å². The molecule has 0 aromatic heterocycles. The summed E-state index contributed by atoms with van der Waals surface area (Å²) in [6, 6.07) is 15.1. The molecule has 0 radical (unpaired) electrons. The number of carbonyl (C=O) groups excluding carboxylic acids is 2. The molecular weight excluding hydrogens is 558 g/mol. The van der Waals surface area contributed by atoms with Crippen molar-refractivity contribution in [3.8, 4) is 11.5 Å². The summed E-state index contributed by atoms with van der Waals surface area (Å²) in [6.07, 6.45) is 5.65. The van der Waals surface area contributed by atoms with Crippen LogP contribution < -0.4 is 4.74 Å². The molecule has 5 rings (SSSR count). The number of likely N-dealkylation sites (tertiary alicyclic amines) is 1. The average molecular weight is 595 g/mol. The fourth-order valence-corrected chi connectivity index (χ4v) is 6.71. The first-order valence-corrected chi connectivity index (χ1v) is 14.7. The number of phenolic OH excluding ortho intramolecular Hbond substituents is 1. The largest absolute Gasteiger partial charge is 0.507 e. The lowest BCUT2D eigenvalue weighted by atomic mass is 9.69. The summed E-state index contributed by atoms with van der Waals surface area (Å²) < 4.78 is 13.5. The number of para-hydroxylation sites is 1. The predicted octanol–water partition coefficient (Wildman–Crippen LogP) is 6.53. The molecule has 0 saturated carbocycles. The Labute approximate surface area is 238 Å². The molecule has 2 aromatic rings. The summed E-state index contributed by atoms with van der Waals surface area (Å²) in [5.41, 5.74) is 4.26. The lowest BCUT2D eigenvalue weighted by Gasteiger charge is -2.31. The van der Waals surface area contributed by atoms with Gasteiger partial charge in [-0.15, -0.1) is 0 Å². The van der Waals surface area contributed by atoms with Gasteiger partial charge in [-0.25, -0.2) is 0 Å². The number of aromatic hydroxyl groups is 1. The molecule has 1 N–H and O–H groups in total. The van der Waals surface area contributed by atoms with E-state index in [4.69, 9.17) is 9.47 Å². The summed E-state index contributed by atoms with van der Waals surface area (Å²) in [6.45, 7) is 5.42. The molecule has 4 atom stereocenters. The quantitative estimate of drug-likeness (QED) is 0.250. The molecule has 1 aliphatic carbocycles. The van der Waals surface area contributed by atoms with Crippen LogP contribution in [0.3, 0.4) is 0 Å². The first-order chi connectivity index (χ1) is 18.9. The third-order valence-corrected chi connectivity index (χ3v) is 8.73. The number of nitrogens with zero attached hydrogens (tertiary/aromatic N) is 1. The van der Waals surface area contributed by atoms with Crippen molar-refractivity contribution in [2.75, 3.05) is 19.8 Å². The van der Waals surface area contributed by atoms with Gasteiger partial charge in [-0.3, -0.25) is 14.5 Å². The molecule has 0 bridgehead atoms. The number of allylic oxidation sites excluding steroid dienone is 1. The zero-order valence-electron chi connectivity index (χ0n) is 22.6. The van der Waals surface area contributed by atoms with Gasteiger partial charge in [0.15, 0.2) is 0 Å². The molecule has 7 heteroatoms. The Bertz CT molecular complexity index is 1290. The number of phenols is 1. The number of fused-ring (bicyclic) bond motifs is 3. The SMILES string of the molecule is CCCN1C(=O)[C@@H]2[C@@H](CC(COc3ccccc3)=C3[C@@H](CC/C(=C/c4cc(Br)ccc4O)CC)OC[C@@H]32)C1=O. The van der Waals surface area contributed by atoms with Gasteiger partial charge < -0.3 is 14.6 Å². The Balaban J connectivity index is 1.40. The highest BCUT2D eigenvalue weighted by Crippen LogP contribution is 2.50. The van der Waals surface area contributed by atoms with Crippen molar-refractivity contribution in [2.45, 2.75) is 52.1 Å². The number of halogens is 1. The maximum Gasteiger partial charge on any atom is 0.233 e. The number of rotatable bonds is 10. The molecule has 6 nitrogen and oxygen atoms in total. The minimum absolute atomic E-state index is 0.0408. The highest BCUT2D eigenvalue weighted by Gasteiger charge is 2.56. The Kier molecular flexibility index (Phi) is 8.57. The number of benzene rings is 2. The van der Waals surface area contributed by atoms with Crippen molar-refractivity contribution in [3.63, 3.8) is 0 Å². The van der Waals surface area contributed by atoms with Gasteiger partial charge in [-0.05, 0) is 73.6 Å². The maximum absolute atomic E-state index is 13.4. The summed E-state index contributed by atoms with van der Waals surface area (Å²) in [4.78, 5) is 28.2. The molecule has 39 heavy (non-hydrogen) atoms. The predicted molar refractivity (Wildman–Crippen MR) is 154 cm³/mol. The number of imide groups is 1. The third kappa shape index (κ3) is 5.71. The van der Waals surface area contributed by atoms with Gasteiger partial charge in [0.05, 0.1) is 24.5 Å². The van der Waals surface area contributed by atoms with Gasteiger partial charge in [-0.2, -0.15) is 0 Å². The Morgan fingerprint density at radius 1 is 1.13 bits per heavy atom. The van der Waals surface area contributed by atoms with Crippen LogP contribution >= 0.6 is 15.9 Å². The van der Waals surface area contributed by atoms with E-state index in [0.29, 0.717) is 26.2 Å². The molecule has 2 heterocycles. The van der Waals surface area contributed by atoms with Crippen molar-refractivity contribution in [3.05, 3.63) is 75.3 Å². The summed E-state index contributed by atoms with van der Waals surface area (Å²) >= 11 is 3.49. The zero-order chi connectivity index (χ0) is 27.5. The van der Waals surface area contributed by atoms with E-state index in [2.05, 4.69) is 28.9 Å². The van der Waals surface area contributed by atoms with Crippen LogP contribution in [-0.4, -0.2) is 47.7 Å². The molecular formula is C32H36BrNO5. The van der Waals surface area contributed by atoms with Crippen molar-refractivity contribution in [2.24, 2.45) is 17.8 Å². The minimum atomic E-state index is -0.343. The van der Waals surface area contributed by atoms with Crippen LogP contribution in [-0.2, 0) is 14.3 Å². The summed E-state index contributed by atoms with van der Waals surface area (Å²) in [5.74, 6) is 0.182. The monoisotopic (exact) mass is 593 g/mol. The van der Waals surface area contributed by atoms with E-state index in [1.165, 1.54) is 10.5 Å². The smallest absolute Gasteiger partial charge is 0.233 e. The highest BCUT2D eigenvalue weighted by molar-refractivity contribution is 9.10. The van der Waals surface area contributed by atoms with E-state index in [9.17, 15) is 14.7 Å². The van der Waals surface area contributed by atoms with E-state index in [1.807, 2.05) is 49.4 Å². The van der Waals surface area contributed by atoms with Gasteiger partial charge >= 0.3 is 0 Å². The molecule has 2 amide bonds. The van der Waals surface area contributed by atoms with Crippen LogP contribution in [0.1, 0.15) is 51.5 Å². The van der Waals surface area contributed by atoms with Crippen LogP contribution in [0.15, 0.2) is 69.7 Å². The zero-order valence-corrected chi connectivity index (χ0v) is 24.2. The van der Waals surface area contributed by atoms with Crippen LogP contribution in [0.25, 0.3) is 6.08 Å². The second kappa shape index (κ2) is 12.1. The Morgan fingerprint density at radius 3 is 2.67 bits per heavy atom. The van der Waals surface area contributed by atoms with Crippen molar-refractivity contribution >= 4 is 33.8 Å². The third-order valence-electron chi connectivity index (χ3n) is 8.23. The van der Waals surface area contributed by atoms with E-state index in [1.54, 1.807) is 6.07 Å². The van der Waals surface area contributed by atoms with Gasteiger partial charge in [-0.1, -0.05) is 59.6 Å². The molecule has 206 valence electrons. The van der Waals surface area contributed by atoms with Crippen molar-refractivity contribution in [1.82, 2.24) is 4.90 Å². The molecule has 2 saturated heterocycles. The van der Waals surface area contributed by atoms with E-state index in [-0.39, 0.29) is 41.4 Å². The standard InChI is InChI=1S/C32H36BrNO5/c1-3-14-34-31(36)25-17-22(18-38-24-8-6-5-7-9-24)29-26(30(25)32(34)37)19-39-28(29)13-10-20(4-2)15-21-16-23(33)11-12-27(21)35/h5-9,11-12,15-16,25-26,28,30,35H,3-4,10,13-14,17-19H2,1-2H3/b20-15+/t25-,26+,28-,30-/m1/s1. The van der Waals surface area contributed by atoms with Gasteiger partial charge in [0.2, 0.25) is 11.8 Å².